The largest absolute Gasteiger partial charge is 0.461 e. The maximum absolute atomic E-state index is 12.7. The number of rotatable bonds is 5. The molecule has 1 aliphatic carbocycles. The maximum atomic E-state index is 12.7. The highest BCUT2D eigenvalue weighted by Crippen LogP contribution is 2.47. The Morgan fingerprint density at radius 1 is 1.11 bits per heavy atom. The molecule has 0 radical (unpaired) electrons. The van der Waals surface area contributed by atoms with E-state index in [9.17, 15) is 4.79 Å². The molecule has 4 aromatic rings. The van der Waals surface area contributed by atoms with Gasteiger partial charge < -0.3 is 9.73 Å². The Balaban J connectivity index is 1.41. The number of benzene rings is 1. The summed E-state index contributed by atoms with van der Waals surface area (Å²) in [4.78, 5) is 21.7. The minimum atomic E-state index is -0.0439. The molecule has 1 aromatic carbocycles. The third-order valence-corrected chi connectivity index (χ3v) is 4.80. The summed E-state index contributed by atoms with van der Waals surface area (Å²) in [6, 6.07) is 17.2. The van der Waals surface area contributed by atoms with Crippen LogP contribution in [0, 0.1) is 5.92 Å². The molecule has 1 fully saturated rings. The van der Waals surface area contributed by atoms with E-state index >= 15 is 0 Å². The predicted octanol–water partition coefficient (Wildman–Crippen LogP) is 3.66. The number of amides is 1. The molecule has 1 amide bonds. The lowest BCUT2D eigenvalue weighted by Crippen LogP contribution is -2.16. The molecule has 3 aromatic heterocycles. The Labute approximate surface area is 161 Å². The van der Waals surface area contributed by atoms with Crippen molar-refractivity contribution in [1.82, 2.24) is 19.7 Å². The van der Waals surface area contributed by atoms with E-state index in [1.807, 2.05) is 24.3 Å². The van der Waals surface area contributed by atoms with Crippen LogP contribution in [-0.2, 0) is 4.79 Å². The normalized spacial score (nSPS) is 18.0. The van der Waals surface area contributed by atoms with Crippen LogP contribution in [0.15, 0.2) is 77.7 Å². The highest BCUT2D eigenvalue weighted by molar-refractivity contribution is 5.94. The molecule has 1 saturated carbocycles. The van der Waals surface area contributed by atoms with Crippen LogP contribution in [0.2, 0.25) is 0 Å². The van der Waals surface area contributed by atoms with E-state index in [0.717, 1.165) is 6.42 Å². The molecule has 0 bridgehead atoms. The maximum Gasteiger partial charge on any atom is 0.229 e. The van der Waals surface area contributed by atoms with Gasteiger partial charge in [0, 0.05) is 24.4 Å². The minimum Gasteiger partial charge on any atom is -0.461 e. The van der Waals surface area contributed by atoms with Crippen molar-refractivity contribution in [3.05, 3.63) is 78.8 Å². The van der Waals surface area contributed by atoms with Crippen molar-refractivity contribution in [2.24, 2.45) is 5.92 Å². The van der Waals surface area contributed by atoms with Gasteiger partial charge in [0.2, 0.25) is 5.91 Å². The third-order valence-electron chi connectivity index (χ3n) is 4.80. The zero-order valence-electron chi connectivity index (χ0n) is 14.9. The molecule has 3 heterocycles. The molecule has 28 heavy (non-hydrogen) atoms. The van der Waals surface area contributed by atoms with Crippen LogP contribution in [-0.4, -0.2) is 25.7 Å². The first-order chi connectivity index (χ1) is 13.8. The lowest BCUT2D eigenvalue weighted by atomic mass is 10.1. The summed E-state index contributed by atoms with van der Waals surface area (Å²) in [5, 5.41) is 7.15. The average molecular weight is 371 g/mol. The van der Waals surface area contributed by atoms with Gasteiger partial charge in [-0.15, -0.1) is 0 Å². The van der Waals surface area contributed by atoms with E-state index in [0.29, 0.717) is 23.2 Å². The van der Waals surface area contributed by atoms with Crippen molar-refractivity contribution >= 4 is 11.7 Å². The van der Waals surface area contributed by atoms with Crippen LogP contribution >= 0.6 is 0 Å². The first-order valence-electron chi connectivity index (χ1n) is 9.07. The van der Waals surface area contributed by atoms with Crippen LogP contribution in [0.25, 0.3) is 17.4 Å². The van der Waals surface area contributed by atoms with E-state index in [4.69, 9.17) is 4.42 Å². The fraction of sp³-hybridized carbons (Fsp3) is 0.143. The number of anilines is 1. The fourth-order valence-corrected chi connectivity index (χ4v) is 3.31. The first-order valence-corrected chi connectivity index (χ1v) is 9.07. The summed E-state index contributed by atoms with van der Waals surface area (Å²) in [5.41, 5.74) is 1.19. The topological polar surface area (TPSA) is 85.8 Å². The Bertz CT molecular complexity index is 1040. The van der Waals surface area contributed by atoms with E-state index in [2.05, 4.69) is 32.5 Å². The van der Waals surface area contributed by atoms with Gasteiger partial charge >= 0.3 is 0 Å². The van der Waals surface area contributed by atoms with Gasteiger partial charge in [0.15, 0.2) is 17.4 Å². The van der Waals surface area contributed by atoms with Crippen LogP contribution < -0.4 is 5.32 Å². The zero-order chi connectivity index (χ0) is 18.9. The van der Waals surface area contributed by atoms with E-state index in [-0.39, 0.29) is 17.7 Å². The molecule has 1 N–H and O–H groups in total. The van der Waals surface area contributed by atoms with Gasteiger partial charge in [-0.25, -0.2) is 14.6 Å². The van der Waals surface area contributed by atoms with Crippen molar-refractivity contribution in [2.75, 3.05) is 5.32 Å². The molecule has 138 valence electrons. The Hall–Kier alpha value is -3.74. The molecule has 0 unspecified atom stereocenters. The van der Waals surface area contributed by atoms with Gasteiger partial charge in [-0.05, 0) is 36.1 Å². The van der Waals surface area contributed by atoms with Gasteiger partial charge in [-0.2, -0.15) is 5.10 Å². The molecular weight excluding hydrogens is 354 g/mol. The highest BCUT2D eigenvalue weighted by Gasteiger charge is 2.44. The highest BCUT2D eigenvalue weighted by atomic mass is 16.3. The second-order valence-electron chi connectivity index (χ2n) is 6.71. The minimum absolute atomic E-state index is 0.0376. The number of carbonyl (C=O) groups is 1. The zero-order valence-corrected chi connectivity index (χ0v) is 14.9. The molecule has 0 spiro atoms. The summed E-state index contributed by atoms with van der Waals surface area (Å²) in [5.74, 6) is 2.08. The van der Waals surface area contributed by atoms with E-state index in [1.54, 1.807) is 41.5 Å². The van der Waals surface area contributed by atoms with Gasteiger partial charge in [0.25, 0.3) is 0 Å². The smallest absolute Gasteiger partial charge is 0.229 e. The average Bonchev–Trinajstić information content (AvgIpc) is 3.12. The third kappa shape index (κ3) is 3.18. The van der Waals surface area contributed by atoms with Gasteiger partial charge in [-0.3, -0.25) is 4.79 Å². The number of furan rings is 1. The van der Waals surface area contributed by atoms with Crippen LogP contribution in [0.3, 0.4) is 0 Å². The van der Waals surface area contributed by atoms with Gasteiger partial charge in [0.1, 0.15) is 5.82 Å². The lowest BCUT2D eigenvalue weighted by Gasteiger charge is -2.09. The standard InChI is InChI=1S/C21H17N5O2/c27-21(16-12-15(16)14-6-2-1-3-7-14)24-18-13-19(26-10-5-9-22-26)25-20(23-18)17-8-4-11-28-17/h1-11,13,15-16H,12H2,(H,23,24,25,27)/t15-,16+/m1/s1. The molecule has 0 saturated heterocycles. The Kier molecular flexibility index (Phi) is 3.97. The van der Waals surface area contributed by atoms with Crippen molar-refractivity contribution in [3.8, 4) is 17.4 Å². The molecule has 1 aliphatic rings. The summed E-state index contributed by atoms with van der Waals surface area (Å²) in [6.45, 7) is 0. The SMILES string of the molecule is O=C(Nc1cc(-n2cccn2)nc(-c2ccco2)n1)[C@H]1C[C@@H]1c1ccccc1. The summed E-state index contributed by atoms with van der Waals surface area (Å²) in [7, 11) is 0. The number of nitrogens with one attached hydrogen (secondary N) is 1. The molecule has 0 aliphatic heterocycles. The number of hydrogen-bond acceptors (Lipinski definition) is 5. The van der Waals surface area contributed by atoms with Crippen molar-refractivity contribution < 1.29 is 9.21 Å². The number of hydrogen-bond donors (Lipinski definition) is 1. The molecule has 7 nitrogen and oxygen atoms in total. The predicted molar refractivity (Wildman–Crippen MR) is 103 cm³/mol. The number of carbonyl (C=O) groups excluding carboxylic acids is 1. The Morgan fingerprint density at radius 2 is 2.00 bits per heavy atom. The quantitative estimate of drug-likeness (QED) is 0.578. The van der Waals surface area contributed by atoms with Gasteiger partial charge in [-0.1, -0.05) is 30.3 Å². The lowest BCUT2D eigenvalue weighted by molar-refractivity contribution is -0.117. The van der Waals surface area contributed by atoms with Crippen molar-refractivity contribution in [2.45, 2.75) is 12.3 Å². The number of aromatic nitrogens is 4. The monoisotopic (exact) mass is 371 g/mol. The van der Waals surface area contributed by atoms with Crippen molar-refractivity contribution in [3.63, 3.8) is 0 Å². The fourth-order valence-electron chi connectivity index (χ4n) is 3.31. The molecule has 5 rings (SSSR count). The first kappa shape index (κ1) is 16.4. The summed E-state index contributed by atoms with van der Waals surface area (Å²) in [6.07, 6.45) is 5.86. The van der Waals surface area contributed by atoms with E-state index < -0.39 is 0 Å². The van der Waals surface area contributed by atoms with Crippen LogP contribution in [0.1, 0.15) is 17.9 Å². The van der Waals surface area contributed by atoms with Crippen molar-refractivity contribution in [1.29, 1.82) is 0 Å². The summed E-state index contributed by atoms with van der Waals surface area (Å²) >= 11 is 0. The Morgan fingerprint density at radius 3 is 2.75 bits per heavy atom. The summed E-state index contributed by atoms with van der Waals surface area (Å²) < 4.78 is 7.04. The van der Waals surface area contributed by atoms with Crippen LogP contribution in [0.5, 0.6) is 0 Å². The number of nitrogens with zero attached hydrogens (tertiary/aromatic N) is 4. The second kappa shape index (κ2) is 6.77. The van der Waals surface area contributed by atoms with Gasteiger partial charge in [0.05, 0.1) is 6.26 Å². The van der Waals surface area contributed by atoms with E-state index in [1.165, 1.54) is 5.56 Å². The molecule has 2 atom stereocenters. The molecular formula is C21H17N5O2. The molecule has 7 heteroatoms. The van der Waals surface area contributed by atoms with Crippen LogP contribution in [0.4, 0.5) is 5.82 Å². The second-order valence-corrected chi connectivity index (χ2v) is 6.71.